The third-order valence-corrected chi connectivity index (χ3v) is 4.09. The molecule has 0 saturated carbocycles. The number of pyridine rings is 1. The molecule has 0 fully saturated rings. The minimum absolute atomic E-state index is 0.128. The van der Waals surface area contributed by atoms with E-state index in [4.69, 9.17) is 0 Å². The van der Waals surface area contributed by atoms with E-state index >= 15 is 0 Å². The predicted molar refractivity (Wildman–Crippen MR) is 98.5 cm³/mol. The first-order chi connectivity index (χ1) is 12.1. The van der Waals surface area contributed by atoms with Crippen molar-refractivity contribution >= 4 is 38.9 Å². The highest BCUT2D eigenvalue weighted by atomic mass is 16.6. The third-order valence-electron chi connectivity index (χ3n) is 4.09. The number of nitrogens with one attached hydrogen (secondary N) is 2. The van der Waals surface area contributed by atoms with Gasteiger partial charge in [0.2, 0.25) is 0 Å². The van der Waals surface area contributed by atoms with Crippen molar-refractivity contribution in [3.63, 3.8) is 0 Å². The van der Waals surface area contributed by atoms with Crippen molar-refractivity contribution in [2.24, 2.45) is 0 Å². The van der Waals surface area contributed by atoms with Crippen molar-refractivity contribution in [2.45, 2.75) is 0 Å². The quantitative estimate of drug-likeness (QED) is 0.332. The van der Waals surface area contributed by atoms with E-state index in [-0.39, 0.29) is 22.0 Å². The Hall–Kier alpha value is -3.67. The Labute approximate surface area is 141 Å². The fourth-order valence-electron chi connectivity index (χ4n) is 2.95. The molecular formula is C19H13N3O3. The van der Waals surface area contributed by atoms with Crippen molar-refractivity contribution in [3.05, 3.63) is 87.1 Å². The number of nitro benzene ring substituents is 1. The zero-order chi connectivity index (χ0) is 17.4. The van der Waals surface area contributed by atoms with Crippen molar-refractivity contribution in [1.82, 2.24) is 4.98 Å². The number of nitrogens with zero attached hydrogens (tertiary/aromatic N) is 1. The first-order valence-corrected chi connectivity index (χ1v) is 7.69. The van der Waals surface area contributed by atoms with Crippen LogP contribution < -0.4 is 10.7 Å². The maximum absolute atomic E-state index is 13.0. The molecule has 0 radical (unpaired) electrons. The van der Waals surface area contributed by atoms with Crippen LogP contribution in [0.3, 0.4) is 0 Å². The Balaban J connectivity index is 2.07. The molecular weight excluding hydrogens is 318 g/mol. The molecule has 122 valence electrons. The Kier molecular flexibility index (Phi) is 3.43. The van der Waals surface area contributed by atoms with Crippen LogP contribution >= 0.6 is 0 Å². The maximum Gasteiger partial charge on any atom is 0.293 e. The molecule has 2 N–H and O–H groups in total. The van der Waals surface area contributed by atoms with Crippen LogP contribution in [0.4, 0.5) is 17.1 Å². The SMILES string of the molecule is O=c1c2ccccc2[nH]c2c([N+](=O)[O-])ccc(Nc3ccccc3)c12. The number of benzene rings is 3. The number of aromatic nitrogens is 1. The molecule has 0 bridgehead atoms. The smallest absolute Gasteiger partial charge is 0.293 e. The van der Waals surface area contributed by atoms with Crippen LogP contribution in [-0.4, -0.2) is 9.91 Å². The summed E-state index contributed by atoms with van der Waals surface area (Å²) in [6.45, 7) is 0. The van der Waals surface area contributed by atoms with Crippen molar-refractivity contribution in [1.29, 1.82) is 0 Å². The van der Waals surface area contributed by atoms with Gasteiger partial charge in [-0.15, -0.1) is 0 Å². The highest BCUT2D eigenvalue weighted by molar-refractivity contribution is 6.03. The number of H-pyrrole nitrogens is 1. The molecule has 0 spiro atoms. The summed E-state index contributed by atoms with van der Waals surface area (Å²) in [5.74, 6) is 0. The molecule has 4 aromatic rings. The number of nitro groups is 1. The number of fused-ring (bicyclic) bond motifs is 2. The lowest BCUT2D eigenvalue weighted by Gasteiger charge is -2.11. The van der Waals surface area contributed by atoms with Gasteiger partial charge in [-0.3, -0.25) is 14.9 Å². The van der Waals surface area contributed by atoms with Crippen molar-refractivity contribution in [3.8, 4) is 0 Å². The predicted octanol–water partition coefficient (Wildman–Crippen LogP) is 4.33. The van der Waals surface area contributed by atoms with E-state index < -0.39 is 4.92 Å². The third kappa shape index (κ3) is 2.49. The number of hydrogen-bond acceptors (Lipinski definition) is 4. The van der Waals surface area contributed by atoms with Gasteiger partial charge in [0.05, 0.1) is 16.0 Å². The molecule has 0 amide bonds. The average molecular weight is 331 g/mol. The van der Waals surface area contributed by atoms with Crippen LogP contribution in [0.5, 0.6) is 0 Å². The van der Waals surface area contributed by atoms with E-state index in [0.29, 0.717) is 16.6 Å². The number of hydrogen-bond donors (Lipinski definition) is 2. The molecule has 0 atom stereocenters. The first-order valence-electron chi connectivity index (χ1n) is 7.69. The van der Waals surface area contributed by atoms with Gasteiger partial charge in [0.25, 0.3) is 5.69 Å². The summed E-state index contributed by atoms with van der Waals surface area (Å²) >= 11 is 0. The number of aromatic amines is 1. The van der Waals surface area contributed by atoms with E-state index in [0.717, 1.165) is 5.69 Å². The zero-order valence-electron chi connectivity index (χ0n) is 13.0. The van der Waals surface area contributed by atoms with Gasteiger partial charge in [0, 0.05) is 22.7 Å². The molecule has 0 aliphatic carbocycles. The van der Waals surface area contributed by atoms with Gasteiger partial charge in [0.1, 0.15) is 5.52 Å². The minimum atomic E-state index is -0.487. The fourth-order valence-corrected chi connectivity index (χ4v) is 2.95. The van der Waals surface area contributed by atoms with Crippen LogP contribution in [0.25, 0.3) is 21.8 Å². The summed E-state index contributed by atoms with van der Waals surface area (Å²) in [4.78, 5) is 26.9. The van der Waals surface area contributed by atoms with Gasteiger partial charge in [-0.05, 0) is 30.3 Å². The number of para-hydroxylation sites is 2. The molecule has 1 heterocycles. The maximum atomic E-state index is 13.0. The Morgan fingerprint density at radius 3 is 2.40 bits per heavy atom. The second kappa shape index (κ2) is 5.76. The first kappa shape index (κ1) is 14.9. The number of anilines is 2. The average Bonchev–Trinajstić information content (AvgIpc) is 2.62. The zero-order valence-corrected chi connectivity index (χ0v) is 13.0. The molecule has 0 unspecified atom stereocenters. The second-order valence-electron chi connectivity index (χ2n) is 5.63. The number of rotatable bonds is 3. The van der Waals surface area contributed by atoms with E-state index in [1.807, 2.05) is 30.3 Å². The molecule has 0 saturated heterocycles. The van der Waals surface area contributed by atoms with Gasteiger partial charge >= 0.3 is 0 Å². The summed E-state index contributed by atoms with van der Waals surface area (Å²) in [6, 6.07) is 19.3. The summed E-state index contributed by atoms with van der Waals surface area (Å²) in [7, 11) is 0. The van der Waals surface area contributed by atoms with Crippen LogP contribution in [0, 0.1) is 10.1 Å². The minimum Gasteiger partial charge on any atom is -0.355 e. The standard InChI is InChI=1S/C19H13N3O3/c23-19-13-8-4-5-9-14(13)21-18-16(22(24)25)11-10-15(17(18)19)20-12-6-2-1-3-7-12/h1-11,20H,(H,21,23). The van der Waals surface area contributed by atoms with Gasteiger partial charge in [-0.25, -0.2) is 0 Å². The highest BCUT2D eigenvalue weighted by Crippen LogP contribution is 2.31. The molecule has 3 aromatic carbocycles. The molecule has 4 rings (SSSR count). The summed E-state index contributed by atoms with van der Waals surface area (Å²) in [6.07, 6.45) is 0. The van der Waals surface area contributed by atoms with Gasteiger partial charge in [0.15, 0.2) is 5.43 Å². The molecule has 6 nitrogen and oxygen atoms in total. The molecule has 6 heteroatoms. The van der Waals surface area contributed by atoms with Crippen LogP contribution in [-0.2, 0) is 0 Å². The van der Waals surface area contributed by atoms with Gasteiger partial charge in [-0.1, -0.05) is 30.3 Å². The van der Waals surface area contributed by atoms with Crippen LogP contribution in [0.2, 0.25) is 0 Å². The summed E-state index contributed by atoms with van der Waals surface area (Å²) in [5, 5.41) is 15.3. The largest absolute Gasteiger partial charge is 0.355 e. The lowest BCUT2D eigenvalue weighted by Crippen LogP contribution is -2.08. The lowest BCUT2D eigenvalue weighted by molar-refractivity contribution is -0.383. The lowest BCUT2D eigenvalue weighted by atomic mass is 10.1. The van der Waals surface area contributed by atoms with Gasteiger partial charge < -0.3 is 10.3 Å². The topological polar surface area (TPSA) is 88.0 Å². The highest BCUT2D eigenvalue weighted by Gasteiger charge is 2.19. The normalized spacial score (nSPS) is 10.9. The molecule has 0 aliphatic heterocycles. The van der Waals surface area contributed by atoms with E-state index in [9.17, 15) is 14.9 Å². The fraction of sp³-hybridized carbons (Fsp3) is 0. The second-order valence-corrected chi connectivity index (χ2v) is 5.63. The monoisotopic (exact) mass is 331 g/mol. The van der Waals surface area contributed by atoms with Gasteiger partial charge in [-0.2, -0.15) is 0 Å². The summed E-state index contributed by atoms with van der Waals surface area (Å²) < 4.78 is 0. The Morgan fingerprint density at radius 2 is 1.64 bits per heavy atom. The van der Waals surface area contributed by atoms with Crippen molar-refractivity contribution < 1.29 is 4.92 Å². The molecule has 25 heavy (non-hydrogen) atoms. The number of non-ortho nitro benzene ring substituents is 1. The van der Waals surface area contributed by atoms with Crippen LogP contribution in [0.1, 0.15) is 0 Å². The Bertz CT molecular complexity index is 1170. The van der Waals surface area contributed by atoms with E-state index in [1.165, 1.54) is 6.07 Å². The Morgan fingerprint density at radius 1 is 0.920 bits per heavy atom. The summed E-state index contributed by atoms with van der Waals surface area (Å²) in [5.41, 5.74) is 1.74. The molecule has 1 aromatic heterocycles. The van der Waals surface area contributed by atoms with Crippen LogP contribution in [0.15, 0.2) is 71.5 Å². The van der Waals surface area contributed by atoms with E-state index in [1.54, 1.807) is 30.3 Å². The van der Waals surface area contributed by atoms with Crippen molar-refractivity contribution in [2.75, 3.05) is 5.32 Å². The molecule has 0 aliphatic rings. The van der Waals surface area contributed by atoms with E-state index in [2.05, 4.69) is 10.3 Å².